The maximum Gasteiger partial charge on any atom is 0.254 e. The molecular formula is C20H27NO3S. The fraction of sp³-hybridized carbons (Fsp3) is 0.650. The minimum atomic E-state index is -3.24. The molecule has 0 spiro atoms. The van der Waals surface area contributed by atoms with Gasteiger partial charge in [0.1, 0.15) is 0 Å². The van der Waals surface area contributed by atoms with Crippen molar-refractivity contribution in [2.45, 2.75) is 74.0 Å². The number of carbonyl (C=O) groups is 1. The molecular weight excluding hydrogens is 334 g/mol. The summed E-state index contributed by atoms with van der Waals surface area (Å²) in [6, 6.07) is 7.07. The van der Waals surface area contributed by atoms with E-state index in [-0.39, 0.29) is 11.2 Å². The molecule has 0 radical (unpaired) electrons. The van der Waals surface area contributed by atoms with E-state index < -0.39 is 9.84 Å². The number of amides is 1. The minimum absolute atomic E-state index is 0.0629. The van der Waals surface area contributed by atoms with Gasteiger partial charge < -0.3 is 4.90 Å². The summed E-state index contributed by atoms with van der Waals surface area (Å²) in [6.07, 6.45) is 9.66. The van der Waals surface area contributed by atoms with Gasteiger partial charge in [0.2, 0.25) is 0 Å². The second kappa shape index (κ2) is 6.75. The predicted molar refractivity (Wildman–Crippen MR) is 97.3 cm³/mol. The summed E-state index contributed by atoms with van der Waals surface area (Å²) < 4.78 is 25.3. The van der Waals surface area contributed by atoms with Gasteiger partial charge in [0.05, 0.1) is 10.1 Å². The maximum atomic E-state index is 12.8. The molecule has 0 bridgehead atoms. The molecule has 25 heavy (non-hydrogen) atoms. The first kappa shape index (κ1) is 17.1. The van der Waals surface area contributed by atoms with Crippen molar-refractivity contribution in [3.8, 4) is 0 Å². The van der Waals surface area contributed by atoms with Crippen LogP contribution in [0.2, 0.25) is 0 Å². The Morgan fingerprint density at radius 2 is 1.52 bits per heavy atom. The van der Waals surface area contributed by atoms with Gasteiger partial charge in [-0.1, -0.05) is 32.1 Å². The number of benzene rings is 1. The van der Waals surface area contributed by atoms with Gasteiger partial charge in [0.15, 0.2) is 9.84 Å². The van der Waals surface area contributed by atoms with E-state index in [2.05, 4.69) is 0 Å². The van der Waals surface area contributed by atoms with Crippen molar-refractivity contribution in [3.63, 3.8) is 0 Å². The van der Waals surface area contributed by atoms with Crippen molar-refractivity contribution in [1.29, 1.82) is 0 Å². The van der Waals surface area contributed by atoms with Crippen molar-refractivity contribution in [2.24, 2.45) is 5.92 Å². The highest BCUT2D eigenvalue weighted by Crippen LogP contribution is 2.37. The molecule has 2 saturated carbocycles. The first-order valence-corrected chi connectivity index (χ1v) is 11.3. The molecule has 1 amide bonds. The van der Waals surface area contributed by atoms with Gasteiger partial charge in [0.25, 0.3) is 5.91 Å². The summed E-state index contributed by atoms with van der Waals surface area (Å²) in [5.74, 6) is 0.737. The minimum Gasteiger partial charge on any atom is -0.335 e. The monoisotopic (exact) mass is 361 g/mol. The molecule has 0 unspecified atom stereocenters. The van der Waals surface area contributed by atoms with Gasteiger partial charge in [-0.05, 0) is 55.9 Å². The van der Waals surface area contributed by atoms with Gasteiger partial charge in [-0.15, -0.1) is 0 Å². The lowest BCUT2D eigenvalue weighted by Gasteiger charge is -2.48. The molecule has 1 saturated heterocycles. The molecule has 2 atom stereocenters. The molecule has 1 heterocycles. The van der Waals surface area contributed by atoms with Crippen LogP contribution in [0, 0.1) is 5.92 Å². The summed E-state index contributed by atoms with van der Waals surface area (Å²) >= 11 is 0. The second-order valence-corrected chi connectivity index (χ2v) is 10.1. The third-order valence-electron chi connectivity index (χ3n) is 6.38. The predicted octanol–water partition coefficient (Wildman–Crippen LogP) is 3.81. The topological polar surface area (TPSA) is 54.5 Å². The molecule has 1 aliphatic heterocycles. The van der Waals surface area contributed by atoms with Crippen LogP contribution < -0.4 is 0 Å². The molecule has 2 aliphatic carbocycles. The summed E-state index contributed by atoms with van der Waals surface area (Å²) in [7, 11) is -3.24. The van der Waals surface area contributed by atoms with Crippen molar-refractivity contribution in [3.05, 3.63) is 29.8 Å². The maximum absolute atomic E-state index is 12.8. The number of hydrogen-bond donors (Lipinski definition) is 0. The third-order valence-corrected chi connectivity index (χ3v) is 8.66. The van der Waals surface area contributed by atoms with E-state index in [4.69, 9.17) is 0 Å². The molecule has 1 aromatic rings. The Labute approximate surface area is 150 Å². The van der Waals surface area contributed by atoms with Crippen molar-refractivity contribution in [1.82, 2.24) is 4.90 Å². The van der Waals surface area contributed by atoms with Crippen LogP contribution in [0.3, 0.4) is 0 Å². The molecule has 0 aromatic heterocycles. The lowest BCUT2D eigenvalue weighted by atomic mass is 9.84. The SMILES string of the molecule is O=C(c1ccc(S(=O)(=O)C2CCCC2)cc1)N1C[C@H]2CCCCC[C@H]21. The standard InChI is InChI=1S/C20H27NO3S/c22-20(21-14-16-6-2-1-3-9-19(16)21)15-10-12-18(13-11-15)25(23,24)17-7-4-5-8-17/h10-13,16-17,19H,1-9,14H2/t16-,19-/m1/s1. The highest BCUT2D eigenvalue weighted by atomic mass is 32.2. The highest BCUT2D eigenvalue weighted by molar-refractivity contribution is 7.92. The largest absolute Gasteiger partial charge is 0.335 e. The van der Waals surface area contributed by atoms with Crippen LogP contribution in [0.25, 0.3) is 0 Å². The van der Waals surface area contributed by atoms with E-state index in [1.54, 1.807) is 24.3 Å². The fourth-order valence-corrected chi connectivity index (χ4v) is 6.67. The Kier molecular flexibility index (Phi) is 4.61. The Morgan fingerprint density at radius 1 is 0.880 bits per heavy atom. The van der Waals surface area contributed by atoms with Gasteiger partial charge in [-0.2, -0.15) is 0 Å². The lowest BCUT2D eigenvalue weighted by Crippen LogP contribution is -2.58. The zero-order chi connectivity index (χ0) is 17.4. The van der Waals surface area contributed by atoms with Crippen LogP contribution in [0.1, 0.15) is 68.1 Å². The fourth-order valence-electron chi connectivity index (χ4n) is 4.82. The third kappa shape index (κ3) is 3.12. The molecule has 4 rings (SSSR count). The number of likely N-dealkylation sites (tertiary alicyclic amines) is 1. The van der Waals surface area contributed by atoms with Gasteiger partial charge >= 0.3 is 0 Å². The second-order valence-electron chi connectivity index (χ2n) is 7.90. The van der Waals surface area contributed by atoms with Crippen LogP contribution in [0.5, 0.6) is 0 Å². The molecule has 0 N–H and O–H groups in total. The Hall–Kier alpha value is -1.36. The van der Waals surface area contributed by atoms with Gasteiger partial charge in [0, 0.05) is 18.2 Å². The molecule has 1 aromatic carbocycles. The number of nitrogens with zero attached hydrogens (tertiary/aromatic N) is 1. The Balaban J connectivity index is 1.48. The zero-order valence-electron chi connectivity index (χ0n) is 14.7. The van der Waals surface area contributed by atoms with Gasteiger partial charge in [-0.25, -0.2) is 8.42 Å². The average Bonchev–Trinajstić information content (AvgIpc) is 3.09. The number of hydrogen-bond acceptors (Lipinski definition) is 3. The van der Waals surface area contributed by atoms with E-state index in [0.717, 1.165) is 38.6 Å². The number of rotatable bonds is 3. The Bertz CT molecular complexity index is 735. The Morgan fingerprint density at radius 3 is 2.24 bits per heavy atom. The van der Waals surface area contributed by atoms with Crippen LogP contribution in [0.15, 0.2) is 29.2 Å². The molecule has 5 heteroatoms. The normalized spacial score (nSPS) is 27.4. The number of carbonyl (C=O) groups excluding carboxylic acids is 1. The van der Waals surface area contributed by atoms with Crippen LogP contribution >= 0.6 is 0 Å². The molecule has 4 nitrogen and oxygen atoms in total. The summed E-state index contributed by atoms with van der Waals surface area (Å²) in [6.45, 7) is 0.867. The van der Waals surface area contributed by atoms with Crippen molar-refractivity contribution < 1.29 is 13.2 Å². The van der Waals surface area contributed by atoms with Crippen molar-refractivity contribution >= 4 is 15.7 Å². The summed E-state index contributed by atoms with van der Waals surface area (Å²) in [5, 5.41) is -0.240. The van der Waals surface area contributed by atoms with Crippen LogP contribution in [0.4, 0.5) is 0 Å². The zero-order valence-corrected chi connectivity index (χ0v) is 15.5. The summed E-state index contributed by atoms with van der Waals surface area (Å²) in [5.41, 5.74) is 0.619. The van der Waals surface area contributed by atoms with E-state index in [9.17, 15) is 13.2 Å². The number of fused-ring (bicyclic) bond motifs is 1. The van der Waals surface area contributed by atoms with Crippen LogP contribution in [-0.4, -0.2) is 37.1 Å². The van der Waals surface area contributed by atoms with E-state index in [1.165, 1.54) is 25.7 Å². The van der Waals surface area contributed by atoms with Gasteiger partial charge in [-0.3, -0.25) is 4.79 Å². The number of sulfone groups is 1. The average molecular weight is 362 g/mol. The smallest absolute Gasteiger partial charge is 0.254 e. The molecule has 3 aliphatic rings. The molecule has 3 fully saturated rings. The first-order chi connectivity index (χ1) is 12.1. The van der Waals surface area contributed by atoms with E-state index >= 15 is 0 Å². The first-order valence-electron chi connectivity index (χ1n) is 9.72. The van der Waals surface area contributed by atoms with Crippen molar-refractivity contribution in [2.75, 3.05) is 6.54 Å². The lowest BCUT2D eigenvalue weighted by molar-refractivity contribution is 0.0122. The summed E-state index contributed by atoms with van der Waals surface area (Å²) in [4.78, 5) is 15.2. The van der Waals surface area contributed by atoms with E-state index in [0.29, 0.717) is 22.4 Å². The van der Waals surface area contributed by atoms with E-state index in [1.807, 2.05) is 4.90 Å². The quantitative estimate of drug-likeness (QED) is 0.823. The highest BCUT2D eigenvalue weighted by Gasteiger charge is 2.42. The molecule has 136 valence electrons. The van der Waals surface area contributed by atoms with Crippen LogP contribution in [-0.2, 0) is 9.84 Å².